The molecule has 2 aromatic rings. The maximum absolute atomic E-state index is 4.09. The van der Waals surface area contributed by atoms with Gasteiger partial charge in [-0.1, -0.05) is 18.2 Å². The van der Waals surface area contributed by atoms with E-state index in [2.05, 4.69) is 17.2 Å². The summed E-state index contributed by atoms with van der Waals surface area (Å²) >= 11 is 1.60. The van der Waals surface area contributed by atoms with Gasteiger partial charge >= 0.3 is 0 Å². The first-order valence-electron chi connectivity index (χ1n) is 3.68. The molecule has 3 heteroatoms. The van der Waals surface area contributed by atoms with Crippen LogP contribution in [0.3, 0.4) is 0 Å². The lowest BCUT2D eigenvalue weighted by molar-refractivity contribution is 1.01. The minimum atomic E-state index is 1.20. The second-order valence-corrected chi connectivity index (χ2v) is 3.34. The monoisotopic (exact) mass is 176 g/mol. The van der Waals surface area contributed by atoms with E-state index in [9.17, 15) is 0 Å². The van der Waals surface area contributed by atoms with Crippen LogP contribution in [-0.2, 0) is 0 Å². The SMILES string of the molecule is c1ccc(Sn2cccn2)cc1. The summed E-state index contributed by atoms with van der Waals surface area (Å²) in [4.78, 5) is 1.20. The quantitative estimate of drug-likeness (QED) is 0.699. The van der Waals surface area contributed by atoms with Gasteiger partial charge in [-0.25, -0.2) is 4.09 Å². The third-order valence-corrected chi connectivity index (χ3v) is 2.31. The molecule has 0 aliphatic carbocycles. The number of nitrogens with zero attached hydrogens (tertiary/aromatic N) is 2. The molecule has 0 aliphatic heterocycles. The van der Waals surface area contributed by atoms with E-state index in [-0.39, 0.29) is 0 Å². The van der Waals surface area contributed by atoms with E-state index < -0.39 is 0 Å². The molecule has 0 radical (unpaired) electrons. The highest BCUT2D eigenvalue weighted by Gasteiger charge is 1.92. The molecular formula is C9H8N2S. The normalized spacial score (nSPS) is 10.0. The minimum Gasteiger partial charge on any atom is -0.209 e. The summed E-state index contributed by atoms with van der Waals surface area (Å²) in [6.45, 7) is 0. The Kier molecular flexibility index (Phi) is 2.14. The van der Waals surface area contributed by atoms with Crippen LogP contribution in [0.25, 0.3) is 0 Å². The van der Waals surface area contributed by atoms with Crippen LogP contribution in [0.15, 0.2) is 53.7 Å². The van der Waals surface area contributed by atoms with Gasteiger partial charge in [-0.15, -0.1) is 0 Å². The van der Waals surface area contributed by atoms with Gasteiger partial charge in [-0.2, -0.15) is 5.10 Å². The number of hydrogen-bond acceptors (Lipinski definition) is 2. The van der Waals surface area contributed by atoms with E-state index in [1.165, 1.54) is 4.90 Å². The zero-order valence-corrected chi connectivity index (χ0v) is 7.24. The largest absolute Gasteiger partial charge is 0.209 e. The minimum absolute atomic E-state index is 1.20. The molecular weight excluding hydrogens is 168 g/mol. The van der Waals surface area contributed by atoms with Gasteiger partial charge in [0.1, 0.15) is 0 Å². The zero-order chi connectivity index (χ0) is 8.23. The Hall–Kier alpha value is -1.22. The van der Waals surface area contributed by atoms with Gasteiger partial charge in [0, 0.05) is 29.2 Å². The first kappa shape index (κ1) is 7.43. The van der Waals surface area contributed by atoms with Crippen LogP contribution in [0.4, 0.5) is 0 Å². The first-order valence-corrected chi connectivity index (χ1v) is 4.45. The van der Waals surface area contributed by atoms with Crippen molar-refractivity contribution in [1.29, 1.82) is 0 Å². The van der Waals surface area contributed by atoms with Gasteiger partial charge < -0.3 is 0 Å². The lowest BCUT2D eigenvalue weighted by Crippen LogP contribution is -1.84. The summed E-state index contributed by atoms with van der Waals surface area (Å²) in [7, 11) is 0. The molecule has 0 amide bonds. The molecule has 0 N–H and O–H groups in total. The number of aromatic nitrogens is 2. The molecule has 0 unspecified atom stereocenters. The highest BCUT2D eigenvalue weighted by atomic mass is 32.2. The fourth-order valence-corrected chi connectivity index (χ4v) is 1.63. The average molecular weight is 176 g/mol. The molecule has 12 heavy (non-hydrogen) atoms. The van der Waals surface area contributed by atoms with Crippen molar-refractivity contribution in [3.63, 3.8) is 0 Å². The summed E-state index contributed by atoms with van der Waals surface area (Å²) in [5.74, 6) is 0. The highest BCUT2D eigenvalue weighted by molar-refractivity contribution is 7.97. The van der Waals surface area contributed by atoms with Gasteiger partial charge in [0.25, 0.3) is 0 Å². The van der Waals surface area contributed by atoms with Crippen LogP contribution in [0, 0.1) is 0 Å². The van der Waals surface area contributed by atoms with Gasteiger partial charge in [-0.3, -0.25) is 0 Å². The summed E-state index contributed by atoms with van der Waals surface area (Å²) in [6.07, 6.45) is 3.70. The van der Waals surface area contributed by atoms with E-state index in [1.807, 2.05) is 34.5 Å². The summed E-state index contributed by atoms with van der Waals surface area (Å²) in [5, 5.41) is 4.09. The van der Waals surface area contributed by atoms with Crippen molar-refractivity contribution < 1.29 is 0 Å². The van der Waals surface area contributed by atoms with Crippen molar-refractivity contribution in [2.24, 2.45) is 0 Å². The van der Waals surface area contributed by atoms with Crippen molar-refractivity contribution >= 4 is 11.9 Å². The number of rotatable bonds is 2. The van der Waals surface area contributed by atoms with Crippen molar-refractivity contribution in [1.82, 2.24) is 9.19 Å². The van der Waals surface area contributed by atoms with Crippen LogP contribution in [-0.4, -0.2) is 9.19 Å². The van der Waals surface area contributed by atoms with Gasteiger partial charge in [0.05, 0.1) is 0 Å². The third-order valence-electron chi connectivity index (χ3n) is 1.42. The lowest BCUT2D eigenvalue weighted by atomic mass is 10.4. The van der Waals surface area contributed by atoms with Crippen LogP contribution in [0.2, 0.25) is 0 Å². The average Bonchev–Trinajstić information content (AvgIpc) is 2.59. The Morgan fingerprint density at radius 3 is 2.58 bits per heavy atom. The summed E-state index contributed by atoms with van der Waals surface area (Å²) < 4.78 is 1.83. The maximum atomic E-state index is 4.09. The van der Waals surface area contributed by atoms with E-state index in [4.69, 9.17) is 0 Å². The second kappa shape index (κ2) is 3.45. The summed E-state index contributed by atoms with van der Waals surface area (Å²) in [5.41, 5.74) is 0. The Balaban J connectivity index is 2.15. The lowest BCUT2D eigenvalue weighted by Gasteiger charge is -1.98. The molecule has 0 atom stereocenters. The molecule has 0 bridgehead atoms. The smallest absolute Gasteiger partial charge is 0.0500 e. The molecule has 0 saturated carbocycles. The molecule has 0 aliphatic rings. The van der Waals surface area contributed by atoms with Crippen molar-refractivity contribution in [3.8, 4) is 0 Å². The fourth-order valence-electron chi connectivity index (χ4n) is 0.898. The Labute approximate surface area is 75.4 Å². The van der Waals surface area contributed by atoms with Crippen molar-refractivity contribution in [3.05, 3.63) is 48.8 Å². The van der Waals surface area contributed by atoms with Crippen molar-refractivity contribution in [2.75, 3.05) is 0 Å². The van der Waals surface area contributed by atoms with Gasteiger partial charge in [0.2, 0.25) is 0 Å². The molecule has 1 aromatic carbocycles. The molecule has 2 nitrogen and oxygen atoms in total. The Morgan fingerprint density at radius 2 is 1.92 bits per heavy atom. The van der Waals surface area contributed by atoms with Crippen molar-refractivity contribution in [2.45, 2.75) is 4.90 Å². The van der Waals surface area contributed by atoms with E-state index >= 15 is 0 Å². The molecule has 2 rings (SSSR count). The fraction of sp³-hybridized carbons (Fsp3) is 0. The van der Waals surface area contributed by atoms with Crippen LogP contribution >= 0.6 is 11.9 Å². The molecule has 1 heterocycles. The van der Waals surface area contributed by atoms with Gasteiger partial charge in [0.15, 0.2) is 0 Å². The van der Waals surface area contributed by atoms with Crippen LogP contribution < -0.4 is 0 Å². The highest BCUT2D eigenvalue weighted by Crippen LogP contribution is 2.17. The number of benzene rings is 1. The molecule has 60 valence electrons. The number of hydrogen-bond donors (Lipinski definition) is 0. The molecule has 0 fully saturated rings. The molecule has 0 spiro atoms. The predicted octanol–water partition coefficient (Wildman–Crippen LogP) is 2.44. The maximum Gasteiger partial charge on any atom is 0.0500 e. The second-order valence-electron chi connectivity index (χ2n) is 2.31. The first-order chi connectivity index (χ1) is 5.95. The Bertz CT molecular complexity index is 329. The summed E-state index contributed by atoms with van der Waals surface area (Å²) in [6, 6.07) is 12.1. The van der Waals surface area contributed by atoms with Gasteiger partial charge in [-0.05, 0) is 18.2 Å². The molecule has 0 saturated heterocycles. The topological polar surface area (TPSA) is 17.8 Å². The standard InChI is InChI=1S/C9H8N2S/c1-2-5-9(6-3-1)12-11-8-4-7-10-11/h1-8H. The van der Waals surface area contributed by atoms with E-state index in [0.29, 0.717) is 0 Å². The third kappa shape index (κ3) is 1.68. The predicted molar refractivity (Wildman–Crippen MR) is 49.9 cm³/mol. The van der Waals surface area contributed by atoms with Crippen LogP contribution in [0.1, 0.15) is 0 Å². The Morgan fingerprint density at radius 1 is 1.08 bits per heavy atom. The zero-order valence-electron chi connectivity index (χ0n) is 6.42. The van der Waals surface area contributed by atoms with Crippen LogP contribution in [0.5, 0.6) is 0 Å². The molecule has 1 aromatic heterocycles. The van der Waals surface area contributed by atoms with E-state index in [1.54, 1.807) is 18.1 Å². The van der Waals surface area contributed by atoms with E-state index in [0.717, 1.165) is 0 Å².